The number of carbonyl (C=O) groups is 2. The summed E-state index contributed by atoms with van der Waals surface area (Å²) in [6.07, 6.45) is 0. The van der Waals surface area contributed by atoms with Gasteiger partial charge in [0.25, 0.3) is 11.8 Å². The first kappa shape index (κ1) is 18.2. The summed E-state index contributed by atoms with van der Waals surface area (Å²) in [6, 6.07) is 23.6. The smallest absolute Gasteiger partial charge is 0.270 e. The highest BCUT2D eigenvalue weighted by atomic mass is 16.5. The van der Waals surface area contributed by atoms with Crippen molar-refractivity contribution in [3.05, 3.63) is 90.0 Å². The number of benzene rings is 3. The van der Waals surface area contributed by atoms with Gasteiger partial charge in [-0.05, 0) is 48.4 Å². The van der Waals surface area contributed by atoms with E-state index in [1.165, 1.54) is 0 Å². The monoisotopic (exact) mass is 360 g/mol. The zero-order valence-corrected chi connectivity index (χ0v) is 14.9. The molecule has 0 spiro atoms. The normalized spacial score (nSPS) is 10.1. The van der Waals surface area contributed by atoms with Crippen molar-refractivity contribution in [3.63, 3.8) is 0 Å². The molecule has 2 amide bonds. The number of carbonyl (C=O) groups excluding carboxylic acids is 2. The van der Waals surface area contributed by atoms with Gasteiger partial charge < -0.3 is 4.74 Å². The number of rotatable bonds is 5. The molecule has 0 heterocycles. The van der Waals surface area contributed by atoms with Gasteiger partial charge in [0.05, 0.1) is 6.61 Å². The third kappa shape index (κ3) is 4.52. The maximum Gasteiger partial charge on any atom is 0.270 e. The van der Waals surface area contributed by atoms with E-state index >= 15 is 0 Å². The summed E-state index contributed by atoms with van der Waals surface area (Å²) in [7, 11) is 0. The van der Waals surface area contributed by atoms with Crippen molar-refractivity contribution in [1.29, 1.82) is 0 Å². The van der Waals surface area contributed by atoms with Crippen LogP contribution in [0.1, 0.15) is 27.6 Å². The van der Waals surface area contributed by atoms with Gasteiger partial charge in [0.15, 0.2) is 0 Å². The molecule has 0 aromatic heterocycles. The molecule has 0 aliphatic carbocycles. The molecule has 0 fully saturated rings. The standard InChI is InChI=1S/C22H20N2O3/c1-2-27-18-14-12-17(13-15-18)21(25)23-24-22(26)20-11-7-6-10-19(20)16-8-4-3-5-9-16/h3-15H,2H2,1H3,(H,23,25)(H,24,26). The van der Waals surface area contributed by atoms with Gasteiger partial charge in [-0.3, -0.25) is 20.4 Å². The summed E-state index contributed by atoms with van der Waals surface area (Å²) in [5, 5.41) is 0. The van der Waals surface area contributed by atoms with E-state index in [1.807, 2.05) is 49.4 Å². The van der Waals surface area contributed by atoms with Crippen molar-refractivity contribution in [3.8, 4) is 16.9 Å². The molecule has 0 atom stereocenters. The summed E-state index contributed by atoms with van der Waals surface area (Å²) in [5.41, 5.74) is 7.56. The van der Waals surface area contributed by atoms with Crippen molar-refractivity contribution in [2.24, 2.45) is 0 Å². The Morgan fingerprint density at radius 1 is 0.778 bits per heavy atom. The third-order valence-corrected chi connectivity index (χ3v) is 3.97. The van der Waals surface area contributed by atoms with Crippen molar-refractivity contribution < 1.29 is 14.3 Å². The van der Waals surface area contributed by atoms with Crippen LogP contribution in [0.25, 0.3) is 11.1 Å². The van der Waals surface area contributed by atoms with E-state index in [2.05, 4.69) is 10.9 Å². The number of amides is 2. The second kappa shape index (κ2) is 8.67. The van der Waals surface area contributed by atoms with Crippen molar-refractivity contribution in [2.45, 2.75) is 6.92 Å². The molecule has 0 saturated heterocycles. The molecule has 0 unspecified atom stereocenters. The van der Waals surface area contributed by atoms with Crippen molar-refractivity contribution >= 4 is 11.8 Å². The van der Waals surface area contributed by atoms with Crippen LogP contribution in [0, 0.1) is 0 Å². The Kier molecular flexibility index (Phi) is 5.84. The lowest BCUT2D eigenvalue weighted by atomic mass is 9.99. The Bertz CT molecular complexity index is 922. The lowest BCUT2D eigenvalue weighted by Gasteiger charge is -2.11. The molecule has 136 valence electrons. The molecule has 0 radical (unpaired) electrons. The van der Waals surface area contributed by atoms with Crippen LogP contribution in [0.15, 0.2) is 78.9 Å². The van der Waals surface area contributed by atoms with Gasteiger partial charge in [-0.15, -0.1) is 0 Å². The van der Waals surface area contributed by atoms with Crippen LogP contribution in [0.2, 0.25) is 0 Å². The van der Waals surface area contributed by atoms with E-state index in [1.54, 1.807) is 36.4 Å². The quantitative estimate of drug-likeness (QED) is 0.680. The molecule has 0 bridgehead atoms. The minimum atomic E-state index is -0.399. The van der Waals surface area contributed by atoms with Crippen LogP contribution in [0.4, 0.5) is 0 Å². The Hall–Kier alpha value is -3.60. The molecule has 0 saturated carbocycles. The third-order valence-electron chi connectivity index (χ3n) is 3.97. The van der Waals surface area contributed by atoms with Gasteiger partial charge >= 0.3 is 0 Å². The zero-order valence-electron chi connectivity index (χ0n) is 14.9. The highest BCUT2D eigenvalue weighted by molar-refractivity contribution is 6.03. The van der Waals surface area contributed by atoms with Crippen LogP contribution in [0.3, 0.4) is 0 Å². The summed E-state index contributed by atoms with van der Waals surface area (Å²) < 4.78 is 5.35. The largest absolute Gasteiger partial charge is 0.494 e. The van der Waals surface area contributed by atoms with Crippen LogP contribution in [0.5, 0.6) is 5.75 Å². The molecule has 3 aromatic carbocycles. The van der Waals surface area contributed by atoms with Crippen LogP contribution < -0.4 is 15.6 Å². The fraction of sp³-hybridized carbons (Fsp3) is 0.0909. The van der Waals surface area contributed by atoms with Crippen molar-refractivity contribution in [2.75, 3.05) is 6.61 Å². The zero-order chi connectivity index (χ0) is 19.1. The van der Waals surface area contributed by atoms with Crippen molar-refractivity contribution in [1.82, 2.24) is 10.9 Å². The van der Waals surface area contributed by atoms with Gasteiger partial charge in [0.1, 0.15) is 5.75 Å². The minimum absolute atomic E-state index is 0.381. The fourth-order valence-electron chi connectivity index (χ4n) is 2.67. The van der Waals surface area contributed by atoms with E-state index < -0.39 is 5.91 Å². The van der Waals surface area contributed by atoms with Crippen LogP contribution >= 0.6 is 0 Å². The Balaban J connectivity index is 1.69. The van der Waals surface area contributed by atoms with Gasteiger partial charge in [0, 0.05) is 11.1 Å². The number of nitrogens with one attached hydrogen (secondary N) is 2. The van der Waals surface area contributed by atoms with Gasteiger partial charge in [-0.2, -0.15) is 0 Å². The molecule has 5 heteroatoms. The van der Waals surface area contributed by atoms with E-state index in [-0.39, 0.29) is 5.91 Å². The van der Waals surface area contributed by atoms with E-state index in [0.717, 1.165) is 11.1 Å². The lowest BCUT2D eigenvalue weighted by molar-refractivity contribution is 0.0847. The van der Waals surface area contributed by atoms with Crippen LogP contribution in [-0.4, -0.2) is 18.4 Å². The number of hydrogen-bond donors (Lipinski definition) is 2. The maximum atomic E-state index is 12.6. The van der Waals surface area contributed by atoms with Gasteiger partial charge in [-0.1, -0.05) is 48.5 Å². The Morgan fingerprint density at radius 2 is 1.41 bits per heavy atom. The Morgan fingerprint density at radius 3 is 2.11 bits per heavy atom. The lowest BCUT2D eigenvalue weighted by Crippen LogP contribution is -2.41. The molecule has 3 aromatic rings. The summed E-state index contributed by atoms with van der Waals surface area (Å²) in [4.78, 5) is 24.8. The molecule has 5 nitrogen and oxygen atoms in total. The molecule has 2 N–H and O–H groups in total. The second-order valence-corrected chi connectivity index (χ2v) is 5.78. The highest BCUT2D eigenvalue weighted by Gasteiger charge is 2.13. The number of hydrogen-bond acceptors (Lipinski definition) is 3. The van der Waals surface area contributed by atoms with E-state index in [9.17, 15) is 9.59 Å². The van der Waals surface area contributed by atoms with E-state index in [4.69, 9.17) is 4.74 Å². The van der Waals surface area contributed by atoms with E-state index in [0.29, 0.717) is 23.5 Å². The first-order chi connectivity index (χ1) is 13.2. The fourth-order valence-corrected chi connectivity index (χ4v) is 2.67. The SMILES string of the molecule is CCOc1ccc(C(=O)NNC(=O)c2ccccc2-c2ccccc2)cc1. The first-order valence-corrected chi connectivity index (χ1v) is 8.67. The average Bonchev–Trinajstić information content (AvgIpc) is 2.73. The minimum Gasteiger partial charge on any atom is -0.494 e. The molecular weight excluding hydrogens is 340 g/mol. The topological polar surface area (TPSA) is 67.4 Å². The summed E-state index contributed by atoms with van der Waals surface area (Å²) in [6.45, 7) is 2.45. The van der Waals surface area contributed by atoms with Gasteiger partial charge in [-0.25, -0.2) is 0 Å². The van der Waals surface area contributed by atoms with Gasteiger partial charge in [0.2, 0.25) is 0 Å². The number of ether oxygens (including phenoxy) is 1. The number of hydrazine groups is 1. The Labute approximate surface area is 158 Å². The summed E-state index contributed by atoms with van der Waals surface area (Å²) in [5.74, 6) is -0.0906. The first-order valence-electron chi connectivity index (χ1n) is 8.67. The summed E-state index contributed by atoms with van der Waals surface area (Å²) >= 11 is 0. The average molecular weight is 360 g/mol. The molecule has 3 rings (SSSR count). The predicted molar refractivity (Wildman–Crippen MR) is 104 cm³/mol. The molecular formula is C22H20N2O3. The second-order valence-electron chi connectivity index (χ2n) is 5.78. The highest BCUT2D eigenvalue weighted by Crippen LogP contribution is 2.23. The molecule has 0 aliphatic rings. The predicted octanol–water partition coefficient (Wildman–Crippen LogP) is 3.83. The molecule has 0 aliphatic heterocycles. The maximum absolute atomic E-state index is 12.6. The molecule has 27 heavy (non-hydrogen) atoms. The van der Waals surface area contributed by atoms with Crippen LogP contribution in [-0.2, 0) is 0 Å².